The van der Waals surface area contributed by atoms with Gasteiger partial charge in [0.25, 0.3) is 0 Å². The van der Waals surface area contributed by atoms with Crippen LogP contribution in [0.25, 0.3) is 32.9 Å². The molecule has 3 aliphatic heterocycles. The minimum Gasteiger partial charge on any atom is -0.468 e. The van der Waals surface area contributed by atoms with E-state index in [1.807, 2.05) is 30.3 Å². The molecule has 5 heterocycles. The van der Waals surface area contributed by atoms with Gasteiger partial charge in [-0.05, 0) is 65.2 Å². The smallest absolute Gasteiger partial charge is 0.429 e. The van der Waals surface area contributed by atoms with E-state index in [4.69, 9.17) is 38.6 Å². The van der Waals surface area contributed by atoms with E-state index in [9.17, 15) is 9.18 Å². The van der Waals surface area contributed by atoms with Crippen molar-refractivity contribution in [3.8, 4) is 34.5 Å². The van der Waals surface area contributed by atoms with E-state index >= 15 is 8.78 Å². The monoisotopic (exact) mass is 924 g/mol. The first-order valence-electron chi connectivity index (χ1n) is 22.9. The van der Waals surface area contributed by atoms with Crippen molar-refractivity contribution in [2.45, 2.75) is 95.7 Å². The SMILES string of the molecule is COCOc1cc(-c2ncc3c(N4CCOCCN4C(=O)OCc4ccccc4)nc(OC[C@@]45CCCN4C[C@H](F)C5)nc3c2F)c2c(C#C[Si](C(C)C)(C(C)C)C(C)C)c(F)ccc2c1. The molecular weight excluding hydrogens is 866 g/mol. The summed E-state index contributed by atoms with van der Waals surface area (Å²) in [6.07, 6.45) is 1.69. The van der Waals surface area contributed by atoms with Crippen molar-refractivity contribution in [3.05, 3.63) is 83.6 Å². The third-order valence-electron chi connectivity index (χ3n) is 13.6. The Morgan fingerprint density at radius 3 is 2.47 bits per heavy atom. The highest BCUT2D eigenvalue weighted by atomic mass is 28.3. The maximum atomic E-state index is 18.0. The molecule has 0 radical (unpaired) electrons. The Morgan fingerprint density at radius 2 is 1.73 bits per heavy atom. The zero-order valence-electron chi connectivity index (χ0n) is 38.8. The van der Waals surface area contributed by atoms with Crippen molar-refractivity contribution in [3.63, 3.8) is 0 Å². The maximum Gasteiger partial charge on any atom is 0.429 e. The van der Waals surface area contributed by atoms with Gasteiger partial charge in [-0.15, -0.1) is 5.54 Å². The van der Waals surface area contributed by atoms with Crippen LogP contribution in [0, 0.1) is 23.1 Å². The third-order valence-corrected chi connectivity index (χ3v) is 19.9. The molecule has 0 unspecified atom stereocenters. The number of hydrazine groups is 1. The third kappa shape index (κ3) is 9.15. The van der Waals surface area contributed by atoms with Crippen molar-refractivity contribution in [1.82, 2.24) is 24.9 Å². The first-order chi connectivity index (χ1) is 31.8. The Labute approximate surface area is 385 Å². The Balaban J connectivity index is 1.31. The molecule has 0 aliphatic carbocycles. The lowest BCUT2D eigenvalue weighted by molar-refractivity contribution is 0.0512. The number of ether oxygens (including phenoxy) is 5. The van der Waals surface area contributed by atoms with Crippen LogP contribution in [0.2, 0.25) is 16.6 Å². The number of alkyl halides is 1. The molecule has 0 bridgehead atoms. The lowest BCUT2D eigenvalue weighted by atomic mass is 9.95. The molecular formula is C50H59F3N6O6Si. The number of hydrogen-bond donors (Lipinski definition) is 0. The summed E-state index contributed by atoms with van der Waals surface area (Å²) in [5.41, 5.74) is 4.78. The number of aromatic nitrogens is 3. The number of carbonyl (C=O) groups excluding carboxylic acids is 1. The zero-order valence-corrected chi connectivity index (χ0v) is 39.8. The van der Waals surface area contributed by atoms with Gasteiger partial charge in [0.05, 0.1) is 42.8 Å². The van der Waals surface area contributed by atoms with Crippen LogP contribution < -0.4 is 14.5 Å². The lowest BCUT2D eigenvalue weighted by Crippen LogP contribution is -2.48. The topological polar surface area (TPSA) is 112 Å². The fourth-order valence-corrected chi connectivity index (χ4v) is 15.7. The van der Waals surface area contributed by atoms with Gasteiger partial charge < -0.3 is 23.7 Å². The maximum absolute atomic E-state index is 18.0. The molecule has 16 heteroatoms. The van der Waals surface area contributed by atoms with E-state index in [-0.39, 0.29) is 102 Å². The molecule has 2 aromatic heterocycles. The van der Waals surface area contributed by atoms with Gasteiger partial charge >= 0.3 is 12.1 Å². The van der Waals surface area contributed by atoms with Crippen LogP contribution in [-0.4, -0.2) is 111 Å². The van der Waals surface area contributed by atoms with Gasteiger partial charge in [-0.25, -0.2) is 23.0 Å². The summed E-state index contributed by atoms with van der Waals surface area (Å²) in [6.45, 7) is 14.8. The number of benzene rings is 3. The summed E-state index contributed by atoms with van der Waals surface area (Å²) in [4.78, 5) is 30.3. The summed E-state index contributed by atoms with van der Waals surface area (Å²) >= 11 is 0. The number of carbonyl (C=O) groups is 1. The molecule has 5 aromatic rings. The number of amides is 1. The van der Waals surface area contributed by atoms with Crippen LogP contribution in [0.4, 0.5) is 23.8 Å². The Morgan fingerprint density at radius 1 is 0.970 bits per heavy atom. The normalized spacial score (nSPS) is 19.1. The first-order valence-corrected chi connectivity index (χ1v) is 25.1. The Hall–Kier alpha value is -5.47. The van der Waals surface area contributed by atoms with Gasteiger partial charge in [0.2, 0.25) is 0 Å². The number of hydrogen-bond acceptors (Lipinski definition) is 11. The van der Waals surface area contributed by atoms with Gasteiger partial charge in [0, 0.05) is 37.2 Å². The molecule has 66 heavy (non-hydrogen) atoms. The average molecular weight is 925 g/mol. The van der Waals surface area contributed by atoms with Crippen molar-refractivity contribution in [1.29, 1.82) is 0 Å². The quantitative estimate of drug-likeness (QED) is 0.0639. The van der Waals surface area contributed by atoms with E-state index in [1.165, 1.54) is 24.4 Å². The number of halogens is 3. The molecule has 3 aromatic carbocycles. The molecule has 8 rings (SSSR count). The number of nitrogens with zero attached hydrogens (tertiary/aromatic N) is 6. The van der Waals surface area contributed by atoms with Crippen LogP contribution in [-0.2, 0) is 20.8 Å². The number of pyridine rings is 1. The highest BCUT2D eigenvalue weighted by molar-refractivity contribution is 6.90. The first kappa shape index (κ1) is 47.0. The molecule has 12 nitrogen and oxygen atoms in total. The average Bonchev–Trinajstić information content (AvgIpc) is 3.71. The largest absolute Gasteiger partial charge is 0.468 e. The summed E-state index contributed by atoms with van der Waals surface area (Å²) in [5, 5.41) is 4.04. The number of fused-ring (bicyclic) bond motifs is 3. The Kier molecular flexibility index (Phi) is 14.1. The van der Waals surface area contributed by atoms with E-state index in [2.05, 4.69) is 57.9 Å². The van der Waals surface area contributed by atoms with Crippen LogP contribution in [0.15, 0.2) is 60.8 Å². The predicted octanol–water partition coefficient (Wildman–Crippen LogP) is 10.0. The van der Waals surface area contributed by atoms with Crippen molar-refractivity contribution < 1.29 is 41.7 Å². The fraction of sp³-hybridized carbons (Fsp3) is 0.480. The van der Waals surface area contributed by atoms with Crippen molar-refractivity contribution >= 4 is 41.7 Å². The van der Waals surface area contributed by atoms with E-state index in [0.717, 1.165) is 24.9 Å². The summed E-state index contributed by atoms with van der Waals surface area (Å²) in [5.74, 6) is 2.39. The second-order valence-electron chi connectivity index (χ2n) is 18.5. The summed E-state index contributed by atoms with van der Waals surface area (Å²) in [6, 6.07) is 15.5. The molecule has 0 N–H and O–H groups in total. The molecule has 0 spiro atoms. The fourth-order valence-electron chi connectivity index (χ4n) is 10.5. The number of rotatable bonds is 13. The van der Waals surface area contributed by atoms with E-state index in [1.54, 1.807) is 23.2 Å². The summed E-state index contributed by atoms with van der Waals surface area (Å²) in [7, 11) is -0.863. The van der Waals surface area contributed by atoms with Gasteiger partial charge in [0.15, 0.2) is 18.4 Å². The molecule has 0 saturated carbocycles. The lowest BCUT2D eigenvalue weighted by Gasteiger charge is -2.38. The number of anilines is 1. The van der Waals surface area contributed by atoms with Crippen molar-refractivity contribution in [2.24, 2.45) is 0 Å². The molecule has 350 valence electrons. The van der Waals surface area contributed by atoms with Gasteiger partial charge in [-0.2, -0.15) is 9.97 Å². The standard InChI is InChI=1S/C50H59F3N6O6Si/c1-32(2)66(33(3)4,34(5)6)23-16-39-42(52)15-14-36-24-38(65-31-61-7)25-40(43(36)39)45-44(53)46-41(27-54-45)47(56-48(55-46)64-30-50-17-11-18-57(50)28-37(51)26-50)58-19-21-62-22-20-59(58)49(60)63-29-35-12-9-8-10-13-35/h8-10,12-15,24-25,27,32-34,37H,11,17-22,26,28-31H2,1-7H3/t37-,50+/m1/s1. The molecule has 3 aliphatic rings. The second-order valence-corrected chi connectivity index (χ2v) is 24.0. The van der Waals surface area contributed by atoms with Crippen LogP contribution in [0.3, 0.4) is 0 Å². The van der Waals surface area contributed by atoms with Gasteiger partial charge in [-0.1, -0.05) is 83.9 Å². The summed E-state index contributed by atoms with van der Waals surface area (Å²) < 4.78 is 78.4. The van der Waals surface area contributed by atoms with Gasteiger partial charge in [0.1, 0.15) is 50.2 Å². The molecule has 2 atom stereocenters. The Bertz CT molecular complexity index is 2610. The highest BCUT2D eigenvalue weighted by Crippen LogP contribution is 2.44. The second kappa shape index (κ2) is 19.8. The predicted molar refractivity (Wildman–Crippen MR) is 251 cm³/mol. The number of methoxy groups -OCH3 is 1. The minimum absolute atomic E-state index is 0.0150. The van der Waals surface area contributed by atoms with Crippen LogP contribution in [0.1, 0.15) is 71.9 Å². The van der Waals surface area contributed by atoms with E-state index in [0.29, 0.717) is 29.5 Å². The highest BCUT2D eigenvalue weighted by Gasteiger charge is 2.49. The van der Waals surface area contributed by atoms with Crippen molar-refractivity contribution in [2.75, 3.05) is 64.9 Å². The minimum atomic E-state index is -2.36. The van der Waals surface area contributed by atoms with Crippen LogP contribution in [0.5, 0.6) is 11.8 Å². The zero-order chi connectivity index (χ0) is 46.8. The van der Waals surface area contributed by atoms with Crippen LogP contribution >= 0.6 is 0 Å². The van der Waals surface area contributed by atoms with E-state index < -0.39 is 37.5 Å². The van der Waals surface area contributed by atoms with Gasteiger partial charge in [-0.3, -0.25) is 14.9 Å². The molecule has 1 amide bonds. The molecule has 3 fully saturated rings. The molecule has 3 saturated heterocycles.